The molecule has 4 aliphatic heterocycles. The summed E-state index contributed by atoms with van der Waals surface area (Å²) in [4.78, 5) is 28.4. The highest BCUT2D eigenvalue weighted by molar-refractivity contribution is 5.93. The third kappa shape index (κ3) is 3.24. The van der Waals surface area contributed by atoms with Gasteiger partial charge < -0.3 is 29.2 Å². The number of hydrogen-bond acceptors (Lipinski definition) is 6. The highest BCUT2D eigenvalue weighted by Crippen LogP contribution is 2.52. The summed E-state index contributed by atoms with van der Waals surface area (Å²) in [6.45, 7) is 1.44. The number of hydrogen-bond donors (Lipinski definition) is 1. The summed E-state index contributed by atoms with van der Waals surface area (Å²) in [6, 6.07) is 13.2. The summed E-state index contributed by atoms with van der Waals surface area (Å²) in [5.74, 6) is 0.887. The molecule has 8 nitrogen and oxygen atoms in total. The molecule has 0 aromatic heterocycles. The highest BCUT2D eigenvalue weighted by Gasteiger charge is 2.66. The van der Waals surface area contributed by atoms with Gasteiger partial charge in [0, 0.05) is 13.1 Å². The van der Waals surface area contributed by atoms with Crippen LogP contribution < -0.4 is 19.5 Å². The van der Waals surface area contributed by atoms with Crippen molar-refractivity contribution in [2.75, 3.05) is 20.4 Å². The molecule has 0 saturated carbocycles. The zero-order valence-electron chi connectivity index (χ0n) is 18.2. The minimum absolute atomic E-state index is 0.0517. The lowest BCUT2D eigenvalue weighted by atomic mass is 9.77. The number of rotatable bonds is 6. The normalized spacial score (nSPS) is 28.3. The molecule has 0 unspecified atom stereocenters. The van der Waals surface area contributed by atoms with E-state index in [9.17, 15) is 9.59 Å². The number of ether oxygens (including phenoxy) is 4. The summed E-state index contributed by atoms with van der Waals surface area (Å²) in [6.07, 6.45) is 3.51. The largest absolute Gasteiger partial charge is 0.497 e. The van der Waals surface area contributed by atoms with Crippen molar-refractivity contribution < 1.29 is 28.5 Å². The number of nitrogens with one attached hydrogen (secondary N) is 1. The number of likely N-dealkylation sites (tertiary alicyclic amines) is 1. The van der Waals surface area contributed by atoms with Gasteiger partial charge in [0.2, 0.25) is 18.6 Å². The van der Waals surface area contributed by atoms with Gasteiger partial charge >= 0.3 is 0 Å². The van der Waals surface area contributed by atoms with Crippen LogP contribution in [0.3, 0.4) is 0 Å². The molecule has 170 valence electrons. The molecule has 4 heterocycles. The van der Waals surface area contributed by atoms with Crippen LogP contribution in [0.15, 0.2) is 54.6 Å². The molecular weight excluding hydrogens is 424 g/mol. The second-order valence-electron chi connectivity index (χ2n) is 8.85. The Labute approximate surface area is 191 Å². The molecule has 0 radical (unpaired) electrons. The number of benzene rings is 2. The summed E-state index contributed by atoms with van der Waals surface area (Å²) in [7, 11) is 1.61. The quantitative estimate of drug-likeness (QED) is 0.681. The van der Waals surface area contributed by atoms with E-state index in [0.717, 1.165) is 16.9 Å². The molecule has 33 heavy (non-hydrogen) atoms. The van der Waals surface area contributed by atoms with Gasteiger partial charge in [0.15, 0.2) is 11.5 Å². The molecule has 2 saturated heterocycles. The van der Waals surface area contributed by atoms with Crippen LogP contribution in [-0.2, 0) is 27.4 Å². The smallest absolute Gasteiger partial charge is 0.231 e. The van der Waals surface area contributed by atoms with Crippen LogP contribution in [0.25, 0.3) is 0 Å². The fourth-order valence-corrected chi connectivity index (χ4v) is 5.32. The third-order valence-corrected chi connectivity index (χ3v) is 6.92. The second kappa shape index (κ2) is 7.52. The minimum atomic E-state index is -0.736. The molecule has 2 bridgehead atoms. The van der Waals surface area contributed by atoms with Gasteiger partial charge in [-0.1, -0.05) is 30.4 Å². The average Bonchev–Trinajstić information content (AvgIpc) is 3.59. The molecule has 1 N–H and O–H groups in total. The van der Waals surface area contributed by atoms with Gasteiger partial charge in [0.1, 0.15) is 11.4 Å². The van der Waals surface area contributed by atoms with E-state index in [1.54, 1.807) is 12.0 Å². The Bertz CT molecular complexity index is 1150. The summed E-state index contributed by atoms with van der Waals surface area (Å²) in [5, 5.41) is 2.99. The van der Waals surface area contributed by atoms with E-state index in [-0.39, 0.29) is 24.7 Å². The van der Waals surface area contributed by atoms with Crippen molar-refractivity contribution in [3.63, 3.8) is 0 Å². The van der Waals surface area contributed by atoms with Gasteiger partial charge in [0.25, 0.3) is 0 Å². The molecule has 0 aliphatic carbocycles. The predicted octanol–water partition coefficient (Wildman–Crippen LogP) is 2.02. The summed E-state index contributed by atoms with van der Waals surface area (Å²) >= 11 is 0. The fourth-order valence-electron chi connectivity index (χ4n) is 5.32. The third-order valence-electron chi connectivity index (χ3n) is 6.92. The Balaban J connectivity index is 1.16. The van der Waals surface area contributed by atoms with Crippen molar-refractivity contribution >= 4 is 11.8 Å². The van der Waals surface area contributed by atoms with Gasteiger partial charge in [-0.2, -0.15) is 0 Å². The number of amides is 2. The topological polar surface area (TPSA) is 86.3 Å². The maximum absolute atomic E-state index is 13.4. The van der Waals surface area contributed by atoms with Crippen molar-refractivity contribution in [2.45, 2.75) is 24.8 Å². The van der Waals surface area contributed by atoms with Crippen molar-refractivity contribution in [1.82, 2.24) is 10.2 Å². The van der Waals surface area contributed by atoms with Crippen molar-refractivity contribution in [1.29, 1.82) is 0 Å². The van der Waals surface area contributed by atoms with E-state index < -0.39 is 17.4 Å². The standard InChI is InChI=1S/C25H24N2O6/c1-30-17-5-2-15(3-6-17)11-26-23(28)21-19-8-9-25(33-19)13-27(24(29)22(21)25)12-16-4-7-18-20(10-16)32-14-31-18/h2-10,19,21-22H,11-14H2,1H3,(H,26,28)/t19-,21-,22+,25-/m1/s1. The van der Waals surface area contributed by atoms with Crippen molar-refractivity contribution in [3.05, 3.63) is 65.7 Å². The Morgan fingerprint density at radius 2 is 1.94 bits per heavy atom. The zero-order valence-corrected chi connectivity index (χ0v) is 18.2. The number of nitrogens with zero attached hydrogens (tertiary/aromatic N) is 1. The van der Waals surface area contributed by atoms with Crippen LogP contribution in [0.5, 0.6) is 17.2 Å². The summed E-state index contributed by atoms with van der Waals surface area (Å²) < 4.78 is 22.2. The Kier molecular flexibility index (Phi) is 4.58. The first kappa shape index (κ1) is 20.1. The van der Waals surface area contributed by atoms with Crippen LogP contribution in [0.1, 0.15) is 11.1 Å². The molecular formula is C25H24N2O6. The van der Waals surface area contributed by atoms with E-state index in [2.05, 4.69) is 5.32 Å². The number of carbonyl (C=O) groups is 2. The van der Waals surface area contributed by atoms with Gasteiger partial charge in [-0.3, -0.25) is 9.59 Å². The SMILES string of the molecule is COc1ccc(CNC(=O)[C@H]2[C@H]3C(=O)N(Cc4ccc5c(c4)OCO5)C[C@]34C=C[C@H]2O4)cc1. The van der Waals surface area contributed by atoms with E-state index >= 15 is 0 Å². The molecule has 2 aromatic rings. The first-order valence-electron chi connectivity index (χ1n) is 11.0. The van der Waals surface area contributed by atoms with Crippen LogP contribution >= 0.6 is 0 Å². The zero-order chi connectivity index (χ0) is 22.6. The van der Waals surface area contributed by atoms with Crippen LogP contribution in [0, 0.1) is 11.8 Å². The Morgan fingerprint density at radius 1 is 1.15 bits per heavy atom. The second-order valence-corrected chi connectivity index (χ2v) is 8.85. The van der Waals surface area contributed by atoms with Gasteiger partial charge in [-0.15, -0.1) is 0 Å². The van der Waals surface area contributed by atoms with E-state index in [0.29, 0.717) is 31.1 Å². The maximum atomic E-state index is 13.4. The molecule has 4 aliphatic rings. The maximum Gasteiger partial charge on any atom is 0.231 e. The first-order chi connectivity index (χ1) is 16.1. The lowest BCUT2D eigenvalue weighted by Crippen LogP contribution is -2.43. The highest BCUT2D eigenvalue weighted by atomic mass is 16.7. The molecule has 2 aromatic carbocycles. The number of fused-ring (bicyclic) bond motifs is 2. The average molecular weight is 448 g/mol. The molecule has 2 amide bonds. The van der Waals surface area contributed by atoms with E-state index in [4.69, 9.17) is 18.9 Å². The predicted molar refractivity (Wildman–Crippen MR) is 117 cm³/mol. The first-order valence-corrected chi connectivity index (χ1v) is 11.0. The Morgan fingerprint density at radius 3 is 2.76 bits per heavy atom. The molecule has 6 rings (SSSR count). The van der Waals surface area contributed by atoms with Gasteiger partial charge in [-0.05, 0) is 35.4 Å². The minimum Gasteiger partial charge on any atom is -0.497 e. The lowest BCUT2D eigenvalue weighted by molar-refractivity contribution is -0.137. The van der Waals surface area contributed by atoms with Gasteiger partial charge in [0.05, 0.1) is 31.6 Å². The Hall–Kier alpha value is -3.52. The van der Waals surface area contributed by atoms with E-state index in [1.807, 2.05) is 54.6 Å². The van der Waals surface area contributed by atoms with Crippen LogP contribution in [0.4, 0.5) is 0 Å². The van der Waals surface area contributed by atoms with E-state index in [1.165, 1.54) is 0 Å². The van der Waals surface area contributed by atoms with Crippen molar-refractivity contribution in [2.24, 2.45) is 11.8 Å². The monoisotopic (exact) mass is 448 g/mol. The van der Waals surface area contributed by atoms with Gasteiger partial charge in [-0.25, -0.2) is 0 Å². The summed E-state index contributed by atoms with van der Waals surface area (Å²) in [5.41, 5.74) is 1.17. The molecule has 2 fully saturated rings. The number of carbonyl (C=O) groups excluding carboxylic acids is 2. The molecule has 1 spiro atoms. The molecule has 8 heteroatoms. The molecule has 4 atom stereocenters. The fraction of sp³-hybridized carbons (Fsp3) is 0.360. The van der Waals surface area contributed by atoms with Crippen LogP contribution in [0.2, 0.25) is 0 Å². The van der Waals surface area contributed by atoms with Crippen molar-refractivity contribution in [3.8, 4) is 17.2 Å². The van der Waals surface area contributed by atoms with Crippen LogP contribution in [-0.4, -0.2) is 48.9 Å². The number of methoxy groups -OCH3 is 1. The lowest BCUT2D eigenvalue weighted by Gasteiger charge is -2.23.